The van der Waals surface area contributed by atoms with Gasteiger partial charge in [-0.2, -0.15) is 0 Å². The van der Waals surface area contributed by atoms with Crippen LogP contribution < -0.4 is 5.32 Å². The summed E-state index contributed by atoms with van der Waals surface area (Å²) < 4.78 is 0. The molecule has 5 nitrogen and oxygen atoms in total. The maximum Gasteiger partial charge on any atom is 0.259 e. The van der Waals surface area contributed by atoms with Crippen molar-refractivity contribution in [2.75, 3.05) is 5.32 Å². The molecule has 0 saturated heterocycles. The maximum absolute atomic E-state index is 11.8. The Bertz CT molecular complexity index is 527. The van der Waals surface area contributed by atoms with E-state index in [4.69, 9.17) is 0 Å². The SMILES string of the molecule is CCc1nnc(NC(=O)C(O)c2ccccc2)s1. The van der Waals surface area contributed by atoms with Crippen molar-refractivity contribution in [3.63, 3.8) is 0 Å². The first kappa shape index (κ1) is 12.7. The van der Waals surface area contributed by atoms with Crippen LogP contribution in [0, 0.1) is 0 Å². The van der Waals surface area contributed by atoms with Gasteiger partial charge in [0.05, 0.1) is 0 Å². The van der Waals surface area contributed by atoms with E-state index in [1.165, 1.54) is 11.3 Å². The van der Waals surface area contributed by atoms with Gasteiger partial charge in [-0.3, -0.25) is 10.1 Å². The zero-order valence-electron chi connectivity index (χ0n) is 9.83. The van der Waals surface area contributed by atoms with Gasteiger partial charge in [0.2, 0.25) is 5.13 Å². The molecular formula is C12H13N3O2S. The molecule has 2 N–H and O–H groups in total. The van der Waals surface area contributed by atoms with Gasteiger partial charge in [0.15, 0.2) is 6.10 Å². The van der Waals surface area contributed by atoms with Crippen molar-refractivity contribution in [2.45, 2.75) is 19.4 Å². The fraction of sp³-hybridized carbons (Fsp3) is 0.250. The van der Waals surface area contributed by atoms with Crippen molar-refractivity contribution in [2.24, 2.45) is 0 Å². The van der Waals surface area contributed by atoms with Crippen molar-refractivity contribution < 1.29 is 9.90 Å². The highest BCUT2D eigenvalue weighted by atomic mass is 32.1. The number of rotatable bonds is 4. The lowest BCUT2D eigenvalue weighted by molar-refractivity contribution is -0.124. The topological polar surface area (TPSA) is 75.1 Å². The Morgan fingerprint density at radius 2 is 2.11 bits per heavy atom. The second-order valence-electron chi connectivity index (χ2n) is 3.66. The minimum atomic E-state index is -1.19. The molecule has 2 aromatic rings. The van der Waals surface area contributed by atoms with Crippen molar-refractivity contribution in [1.29, 1.82) is 0 Å². The minimum absolute atomic E-state index is 0.409. The Hall–Kier alpha value is -1.79. The smallest absolute Gasteiger partial charge is 0.259 e. The first-order valence-electron chi connectivity index (χ1n) is 5.57. The highest BCUT2D eigenvalue weighted by Crippen LogP contribution is 2.18. The first-order chi connectivity index (χ1) is 8.70. The van der Waals surface area contributed by atoms with Crippen LogP contribution in [-0.4, -0.2) is 21.2 Å². The van der Waals surface area contributed by atoms with Crippen LogP contribution in [0.15, 0.2) is 30.3 Å². The molecule has 1 atom stereocenters. The van der Waals surface area contributed by atoms with Gasteiger partial charge in [0.25, 0.3) is 5.91 Å². The predicted molar refractivity (Wildman–Crippen MR) is 69.3 cm³/mol. The molecule has 1 unspecified atom stereocenters. The molecule has 0 spiro atoms. The summed E-state index contributed by atoms with van der Waals surface area (Å²) in [6.45, 7) is 1.96. The zero-order chi connectivity index (χ0) is 13.0. The molecule has 0 saturated carbocycles. The molecule has 0 aliphatic heterocycles. The van der Waals surface area contributed by atoms with E-state index in [2.05, 4.69) is 15.5 Å². The van der Waals surface area contributed by atoms with Crippen LogP contribution in [0.2, 0.25) is 0 Å². The molecule has 0 fully saturated rings. The molecule has 0 bridgehead atoms. The van der Waals surface area contributed by atoms with E-state index in [1.54, 1.807) is 24.3 Å². The number of nitrogens with one attached hydrogen (secondary N) is 1. The Morgan fingerprint density at radius 3 is 2.72 bits per heavy atom. The number of aromatic nitrogens is 2. The number of carbonyl (C=O) groups is 1. The zero-order valence-corrected chi connectivity index (χ0v) is 10.6. The fourth-order valence-electron chi connectivity index (χ4n) is 1.41. The number of hydrogen-bond donors (Lipinski definition) is 2. The van der Waals surface area contributed by atoms with Gasteiger partial charge in [-0.25, -0.2) is 0 Å². The summed E-state index contributed by atoms with van der Waals surface area (Å²) in [7, 11) is 0. The maximum atomic E-state index is 11.8. The summed E-state index contributed by atoms with van der Waals surface area (Å²) in [6.07, 6.45) is -0.422. The average Bonchev–Trinajstić information content (AvgIpc) is 2.86. The summed E-state index contributed by atoms with van der Waals surface area (Å²) >= 11 is 1.31. The highest BCUT2D eigenvalue weighted by molar-refractivity contribution is 7.15. The van der Waals surface area contributed by atoms with Gasteiger partial charge < -0.3 is 5.11 Å². The number of aryl methyl sites for hydroxylation is 1. The van der Waals surface area contributed by atoms with E-state index >= 15 is 0 Å². The van der Waals surface area contributed by atoms with Gasteiger partial charge in [0.1, 0.15) is 5.01 Å². The Labute approximate surface area is 109 Å². The van der Waals surface area contributed by atoms with E-state index in [9.17, 15) is 9.90 Å². The van der Waals surface area contributed by atoms with Crippen molar-refractivity contribution >= 4 is 22.4 Å². The summed E-state index contributed by atoms with van der Waals surface area (Å²) in [4.78, 5) is 11.8. The number of amides is 1. The molecule has 1 aromatic heterocycles. The highest BCUT2D eigenvalue weighted by Gasteiger charge is 2.18. The van der Waals surface area contributed by atoms with Gasteiger partial charge in [-0.15, -0.1) is 10.2 Å². The fourth-order valence-corrected chi connectivity index (χ4v) is 2.09. The van der Waals surface area contributed by atoms with Crippen LogP contribution in [-0.2, 0) is 11.2 Å². The lowest BCUT2D eigenvalue weighted by Crippen LogP contribution is -2.20. The van der Waals surface area contributed by atoms with Crippen LogP contribution in [0.25, 0.3) is 0 Å². The number of carbonyl (C=O) groups excluding carboxylic acids is 1. The number of benzene rings is 1. The van der Waals surface area contributed by atoms with Crippen LogP contribution in [0.4, 0.5) is 5.13 Å². The van der Waals surface area contributed by atoms with E-state index in [1.807, 2.05) is 13.0 Å². The largest absolute Gasteiger partial charge is 0.378 e. The third-order valence-corrected chi connectivity index (χ3v) is 3.35. The third-order valence-electron chi connectivity index (χ3n) is 2.36. The van der Waals surface area contributed by atoms with Gasteiger partial charge >= 0.3 is 0 Å². The number of aliphatic hydroxyl groups excluding tert-OH is 1. The van der Waals surface area contributed by atoms with E-state index in [-0.39, 0.29) is 0 Å². The average molecular weight is 263 g/mol. The number of nitrogens with zero attached hydrogens (tertiary/aromatic N) is 2. The summed E-state index contributed by atoms with van der Waals surface area (Å²) in [6, 6.07) is 8.76. The Balaban J connectivity index is 2.04. The molecule has 6 heteroatoms. The standard InChI is InChI=1S/C12H13N3O2S/c1-2-9-14-15-12(18-9)13-11(17)10(16)8-6-4-3-5-7-8/h3-7,10,16H,2H2,1H3,(H,13,15,17). The first-order valence-corrected chi connectivity index (χ1v) is 6.38. The van der Waals surface area contributed by atoms with E-state index in [0.717, 1.165) is 11.4 Å². The number of hydrogen-bond acceptors (Lipinski definition) is 5. The van der Waals surface area contributed by atoms with Crippen molar-refractivity contribution in [1.82, 2.24) is 10.2 Å². The normalized spacial score (nSPS) is 12.1. The summed E-state index contributed by atoms with van der Waals surface area (Å²) in [5.74, 6) is -0.500. The number of anilines is 1. The molecule has 94 valence electrons. The molecule has 1 aromatic carbocycles. The lowest BCUT2D eigenvalue weighted by atomic mass is 10.1. The van der Waals surface area contributed by atoms with Crippen LogP contribution in [0.3, 0.4) is 0 Å². The summed E-state index contributed by atoms with van der Waals surface area (Å²) in [5.41, 5.74) is 0.551. The van der Waals surface area contributed by atoms with E-state index in [0.29, 0.717) is 10.7 Å². The molecular weight excluding hydrogens is 250 g/mol. The van der Waals surface area contributed by atoms with Crippen LogP contribution in [0.5, 0.6) is 0 Å². The number of aliphatic hydroxyl groups is 1. The second-order valence-corrected chi connectivity index (χ2v) is 4.72. The predicted octanol–water partition coefficient (Wildman–Crippen LogP) is 1.77. The van der Waals surface area contributed by atoms with Crippen molar-refractivity contribution in [3.8, 4) is 0 Å². The third kappa shape index (κ3) is 2.91. The van der Waals surface area contributed by atoms with E-state index < -0.39 is 12.0 Å². The Kier molecular flexibility index (Phi) is 4.01. The van der Waals surface area contributed by atoms with Crippen molar-refractivity contribution in [3.05, 3.63) is 40.9 Å². The molecule has 2 rings (SSSR count). The minimum Gasteiger partial charge on any atom is -0.378 e. The molecule has 1 heterocycles. The quantitative estimate of drug-likeness (QED) is 0.881. The summed E-state index contributed by atoms with van der Waals surface area (Å²) in [5, 5.41) is 21.4. The lowest BCUT2D eigenvalue weighted by Gasteiger charge is -2.09. The molecule has 0 aliphatic carbocycles. The molecule has 1 amide bonds. The Morgan fingerprint density at radius 1 is 1.39 bits per heavy atom. The molecule has 18 heavy (non-hydrogen) atoms. The molecule has 0 radical (unpaired) electrons. The second kappa shape index (κ2) is 5.70. The van der Waals surface area contributed by atoms with Gasteiger partial charge in [-0.1, -0.05) is 48.6 Å². The van der Waals surface area contributed by atoms with Crippen LogP contribution in [0.1, 0.15) is 23.6 Å². The van der Waals surface area contributed by atoms with Gasteiger partial charge in [0, 0.05) is 0 Å². The molecule has 0 aliphatic rings. The monoisotopic (exact) mass is 263 g/mol. The van der Waals surface area contributed by atoms with Crippen LogP contribution >= 0.6 is 11.3 Å². The van der Waals surface area contributed by atoms with Gasteiger partial charge in [-0.05, 0) is 12.0 Å².